The molecule has 1 N–H and O–H groups in total. The summed E-state index contributed by atoms with van der Waals surface area (Å²) in [6.07, 6.45) is 1.05. The van der Waals surface area contributed by atoms with E-state index < -0.39 is 5.56 Å². The highest BCUT2D eigenvalue weighted by molar-refractivity contribution is 6.31. The molecule has 2 aromatic rings. The Labute approximate surface area is 91.7 Å². The van der Waals surface area contributed by atoms with Gasteiger partial charge in [0.15, 0.2) is 0 Å². The fourth-order valence-electron chi connectivity index (χ4n) is 1.08. The highest BCUT2D eigenvalue weighted by Crippen LogP contribution is 2.13. The fourth-order valence-corrected chi connectivity index (χ4v) is 1.26. The Morgan fingerprint density at radius 2 is 2.07 bits per heavy atom. The van der Waals surface area contributed by atoms with Crippen molar-refractivity contribution in [3.05, 3.63) is 39.9 Å². The molecule has 80 valence electrons. The molecule has 0 aliphatic carbocycles. The zero-order valence-corrected chi connectivity index (χ0v) is 9.19. The molecule has 0 spiro atoms. The molecule has 4 nitrogen and oxygen atoms in total. The highest BCUT2D eigenvalue weighted by atomic mass is 35.5. The van der Waals surface area contributed by atoms with E-state index in [9.17, 15) is 4.79 Å². The van der Waals surface area contributed by atoms with E-state index in [2.05, 4.69) is 4.98 Å². The fraction of sp³-hybridized carbons (Fsp3) is 0.200. The van der Waals surface area contributed by atoms with Gasteiger partial charge >= 0.3 is 0 Å². The van der Waals surface area contributed by atoms with Gasteiger partial charge in [0.25, 0.3) is 5.56 Å². The van der Waals surface area contributed by atoms with Crippen LogP contribution in [0.2, 0.25) is 5.02 Å². The van der Waals surface area contributed by atoms with Crippen LogP contribution in [-0.2, 0) is 0 Å². The molecule has 0 aliphatic heterocycles. The number of halogens is 1. The average Bonchev–Trinajstić information content (AvgIpc) is 2.27. The first-order valence-electron chi connectivity index (χ1n) is 4.54. The third-order valence-electron chi connectivity index (χ3n) is 1.70. The van der Waals surface area contributed by atoms with Gasteiger partial charge in [-0.2, -0.15) is 0 Å². The normalized spacial score (nSPS) is 9.53. The number of benzene rings is 1. The number of nitrogens with zero attached hydrogens (tertiary/aromatic N) is 2. The molecule has 0 unspecified atom stereocenters. The maximum absolute atomic E-state index is 11.3. The molecule has 0 radical (unpaired) electrons. The van der Waals surface area contributed by atoms with E-state index in [1.54, 1.807) is 12.1 Å². The summed E-state index contributed by atoms with van der Waals surface area (Å²) >= 11 is 5.69. The predicted molar refractivity (Wildman–Crippen MR) is 59.5 cm³/mol. The monoisotopic (exact) mass is 226 g/mol. The van der Waals surface area contributed by atoms with E-state index in [4.69, 9.17) is 16.8 Å². The van der Waals surface area contributed by atoms with Gasteiger partial charge in [-0.05, 0) is 18.2 Å². The van der Waals surface area contributed by atoms with Crippen molar-refractivity contribution in [2.45, 2.75) is 13.8 Å². The highest BCUT2D eigenvalue weighted by Gasteiger charge is 2.02. The molecule has 0 bridgehead atoms. The van der Waals surface area contributed by atoms with Crippen LogP contribution in [0.25, 0.3) is 10.9 Å². The molecule has 2 rings (SSSR count). The van der Waals surface area contributed by atoms with Gasteiger partial charge in [0.2, 0.25) is 0 Å². The van der Waals surface area contributed by atoms with Crippen molar-refractivity contribution in [3.63, 3.8) is 0 Å². The Morgan fingerprint density at radius 3 is 2.73 bits per heavy atom. The van der Waals surface area contributed by atoms with Crippen molar-refractivity contribution in [1.82, 2.24) is 9.71 Å². The van der Waals surface area contributed by atoms with Crippen LogP contribution < -0.4 is 5.56 Å². The molecule has 0 aliphatic rings. The zero-order chi connectivity index (χ0) is 11.4. The lowest BCUT2D eigenvalue weighted by Crippen LogP contribution is -2.17. The van der Waals surface area contributed by atoms with Gasteiger partial charge in [-0.1, -0.05) is 25.4 Å². The molecule has 0 atom stereocenters. The van der Waals surface area contributed by atoms with Gasteiger partial charge in [-0.3, -0.25) is 4.79 Å². The van der Waals surface area contributed by atoms with E-state index in [0.29, 0.717) is 20.7 Å². The third kappa shape index (κ3) is 2.27. The van der Waals surface area contributed by atoms with Gasteiger partial charge in [-0.25, -0.2) is 4.98 Å². The van der Waals surface area contributed by atoms with E-state index in [1.165, 1.54) is 6.07 Å². The summed E-state index contributed by atoms with van der Waals surface area (Å²) < 4.78 is 0.429. The molecule has 0 saturated carbocycles. The summed E-state index contributed by atoms with van der Waals surface area (Å²) in [5, 5.41) is 9.75. The summed E-state index contributed by atoms with van der Waals surface area (Å²) in [5.41, 5.74) is -0.00722. The van der Waals surface area contributed by atoms with Gasteiger partial charge < -0.3 is 5.21 Å². The third-order valence-corrected chi connectivity index (χ3v) is 1.94. The van der Waals surface area contributed by atoms with Crippen LogP contribution in [0.3, 0.4) is 0 Å². The second-order valence-corrected chi connectivity index (χ2v) is 2.99. The first kappa shape index (κ1) is 11.5. The minimum absolute atomic E-state index is 0.303. The topological polar surface area (TPSA) is 55.1 Å². The molecule has 1 heterocycles. The predicted octanol–water partition coefficient (Wildman–Crippen LogP) is 2.31. The smallest absolute Gasteiger partial charge is 0.293 e. The Hall–Kier alpha value is -1.55. The molecule has 0 amide bonds. The summed E-state index contributed by atoms with van der Waals surface area (Å²) in [6, 6.07) is 4.73. The van der Waals surface area contributed by atoms with Crippen LogP contribution in [0, 0.1) is 0 Å². The Balaban J connectivity index is 0.000000531. The number of fused-ring (bicyclic) bond motifs is 1. The Kier molecular flexibility index (Phi) is 3.68. The molecular weight excluding hydrogens is 216 g/mol. The summed E-state index contributed by atoms with van der Waals surface area (Å²) in [6.45, 7) is 4.00. The van der Waals surface area contributed by atoms with Gasteiger partial charge in [0.05, 0.1) is 10.9 Å². The van der Waals surface area contributed by atoms with E-state index in [0.717, 1.165) is 6.33 Å². The number of aromatic nitrogens is 2. The SMILES string of the molecule is CC.O=c1c2cc(Cl)ccc2ncn1O. The maximum Gasteiger partial charge on any atom is 0.293 e. The van der Waals surface area contributed by atoms with Gasteiger partial charge in [0.1, 0.15) is 6.33 Å². The quantitative estimate of drug-likeness (QED) is 0.702. The second-order valence-electron chi connectivity index (χ2n) is 2.56. The Bertz CT molecular complexity index is 517. The lowest BCUT2D eigenvalue weighted by atomic mass is 10.2. The average molecular weight is 227 g/mol. The van der Waals surface area contributed by atoms with Crippen molar-refractivity contribution in [1.29, 1.82) is 0 Å². The zero-order valence-electron chi connectivity index (χ0n) is 8.44. The summed E-state index contributed by atoms with van der Waals surface area (Å²) in [7, 11) is 0. The number of rotatable bonds is 0. The number of hydrogen-bond acceptors (Lipinski definition) is 3. The van der Waals surface area contributed by atoms with Crippen molar-refractivity contribution in [2.24, 2.45) is 0 Å². The Morgan fingerprint density at radius 1 is 1.40 bits per heavy atom. The molecule has 1 aromatic carbocycles. The van der Waals surface area contributed by atoms with Crippen LogP contribution in [0.1, 0.15) is 13.8 Å². The number of hydrogen-bond donors (Lipinski definition) is 1. The van der Waals surface area contributed by atoms with Gasteiger partial charge in [-0.15, -0.1) is 4.73 Å². The summed E-state index contributed by atoms with van der Waals surface area (Å²) in [5.74, 6) is 0. The standard InChI is InChI=1S/C8H5ClN2O2.C2H6/c9-5-1-2-7-6(3-5)8(12)11(13)4-10-7;1-2/h1-4,13H;1-2H3. The van der Waals surface area contributed by atoms with E-state index in [-0.39, 0.29) is 0 Å². The minimum atomic E-state index is -0.521. The maximum atomic E-state index is 11.3. The van der Waals surface area contributed by atoms with E-state index >= 15 is 0 Å². The molecule has 0 fully saturated rings. The van der Waals surface area contributed by atoms with Crippen LogP contribution in [0.15, 0.2) is 29.3 Å². The van der Waals surface area contributed by atoms with Crippen LogP contribution >= 0.6 is 11.6 Å². The summed E-state index contributed by atoms with van der Waals surface area (Å²) in [4.78, 5) is 15.1. The lowest BCUT2D eigenvalue weighted by Gasteiger charge is -1.98. The van der Waals surface area contributed by atoms with Crippen molar-refractivity contribution < 1.29 is 5.21 Å². The van der Waals surface area contributed by atoms with Gasteiger partial charge in [0, 0.05) is 5.02 Å². The lowest BCUT2D eigenvalue weighted by molar-refractivity contribution is 0.173. The largest absolute Gasteiger partial charge is 0.424 e. The molecular formula is C10H11ClN2O2. The second kappa shape index (κ2) is 4.79. The van der Waals surface area contributed by atoms with Crippen molar-refractivity contribution in [2.75, 3.05) is 0 Å². The molecule has 1 aromatic heterocycles. The molecule has 15 heavy (non-hydrogen) atoms. The molecule has 0 saturated heterocycles. The first-order valence-corrected chi connectivity index (χ1v) is 4.92. The van der Waals surface area contributed by atoms with E-state index in [1.807, 2.05) is 13.8 Å². The molecule has 5 heteroatoms. The van der Waals surface area contributed by atoms with Crippen LogP contribution in [0.5, 0.6) is 0 Å². The van der Waals surface area contributed by atoms with Crippen LogP contribution in [-0.4, -0.2) is 14.9 Å². The minimum Gasteiger partial charge on any atom is -0.424 e. The van der Waals surface area contributed by atoms with Crippen molar-refractivity contribution >= 4 is 22.5 Å². The van der Waals surface area contributed by atoms with Crippen LogP contribution in [0.4, 0.5) is 0 Å². The van der Waals surface area contributed by atoms with Crippen molar-refractivity contribution in [3.8, 4) is 0 Å². The first-order chi connectivity index (χ1) is 7.18.